The van der Waals surface area contributed by atoms with Gasteiger partial charge in [0.25, 0.3) is 0 Å². The SMILES string of the molecule is COc1ccc(S(=O)(=O)NC(CC(C)C)C(=O)NCc2ccc(CN3CCOCC3)cc2)cc1. The molecule has 0 radical (unpaired) electrons. The number of ether oxygens (including phenoxy) is 2. The summed E-state index contributed by atoms with van der Waals surface area (Å²) in [5.41, 5.74) is 2.17. The van der Waals surface area contributed by atoms with Gasteiger partial charge in [0.1, 0.15) is 11.8 Å². The molecule has 1 aliphatic rings. The minimum absolute atomic E-state index is 0.0886. The number of hydrogen-bond acceptors (Lipinski definition) is 6. The van der Waals surface area contributed by atoms with Crippen molar-refractivity contribution in [1.82, 2.24) is 14.9 Å². The largest absolute Gasteiger partial charge is 0.497 e. The molecule has 1 atom stereocenters. The molecular formula is C25H35N3O5S. The standard InChI is InChI=1S/C25H35N3O5S/c1-19(2)16-24(27-34(30,31)23-10-8-22(32-3)9-11-23)25(29)26-17-20-4-6-21(7-5-20)18-28-12-14-33-15-13-28/h4-11,19,24,27H,12-18H2,1-3H3,(H,26,29). The highest BCUT2D eigenvalue weighted by Crippen LogP contribution is 2.17. The first-order valence-corrected chi connectivity index (χ1v) is 13.1. The fourth-order valence-electron chi connectivity index (χ4n) is 3.78. The number of carbonyl (C=O) groups excluding carboxylic acids is 1. The van der Waals surface area contributed by atoms with Gasteiger partial charge in [-0.3, -0.25) is 9.69 Å². The van der Waals surface area contributed by atoms with Crippen molar-refractivity contribution in [3.05, 3.63) is 59.7 Å². The predicted octanol–water partition coefficient (Wildman–Crippen LogP) is 2.54. The summed E-state index contributed by atoms with van der Waals surface area (Å²) in [6.45, 7) is 8.51. The molecule has 0 bridgehead atoms. The van der Waals surface area contributed by atoms with Gasteiger partial charge in [-0.2, -0.15) is 4.72 Å². The Hall–Kier alpha value is -2.46. The van der Waals surface area contributed by atoms with E-state index in [1.54, 1.807) is 12.1 Å². The number of sulfonamides is 1. The molecule has 3 rings (SSSR count). The zero-order valence-corrected chi connectivity index (χ0v) is 20.9. The predicted molar refractivity (Wildman–Crippen MR) is 131 cm³/mol. The smallest absolute Gasteiger partial charge is 0.241 e. The molecule has 1 aliphatic heterocycles. The van der Waals surface area contributed by atoms with Gasteiger partial charge in [-0.25, -0.2) is 8.42 Å². The van der Waals surface area contributed by atoms with Crippen LogP contribution in [0.15, 0.2) is 53.4 Å². The van der Waals surface area contributed by atoms with Gasteiger partial charge in [0.2, 0.25) is 15.9 Å². The van der Waals surface area contributed by atoms with Crippen molar-refractivity contribution in [1.29, 1.82) is 0 Å². The number of methoxy groups -OCH3 is 1. The van der Waals surface area contributed by atoms with Gasteiger partial charge in [0.05, 0.1) is 25.2 Å². The van der Waals surface area contributed by atoms with E-state index in [4.69, 9.17) is 9.47 Å². The van der Waals surface area contributed by atoms with Gasteiger partial charge in [0.15, 0.2) is 0 Å². The molecule has 2 aromatic carbocycles. The Morgan fingerprint density at radius 2 is 1.65 bits per heavy atom. The van der Waals surface area contributed by atoms with Crippen molar-refractivity contribution < 1.29 is 22.7 Å². The highest BCUT2D eigenvalue weighted by molar-refractivity contribution is 7.89. The normalized spacial score (nSPS) is 15.8. The molecule has 8 nitrogen and oxygen atoms in total. The Morgan fingerprint density at radius 1 is 1.03 bits per heavy atom. The van der Waals surface area contributed by atoms with Crippen LogP contribution in [0, 0.1) is 5.92 Å². The number of benzene rings is 2. The van der Waals surface area contributed by atoms with Gasteiger partial charge in [0, 0.05) is 26.2 Å². The third kappa shape index (κ3) is 7.80. The third-order valence-corrected chi connectivity index (χ3v) is 7.18. The third-order valence-electron chi connectivity index (χ3n) is 5.69. The van der Waals surface area contributed by atoms with E-state index < -0.39 is 16.1 Å². The van der Waals surface area contributed by atoms with E-state index >= 15 is 0 Å². The summed E-state index contributed by atoms with van der Waals surface area (Å²) in [7, 11) is -2.34. The van der Waals surface area contributed by atoms with Gasteiger partial charge in [-0.1, -0.05) is 38.1 Å². The van der Waals surface area contributed by atoms with Crippen LogP contribution in [0.5, 0.6) is 5.75 Å². The number of nitrogens with one attached hydrogen (secondary N) is 2. The maximum Gasteiger partial charge on any atom is 0.241 e. The molecule has 9 heteroatoms. The lowest BCUT2D eigenvalue weighted by Gasteiger charge is -2.26. The lowest BCUT2D eigenvalue weighted by Crippen LogP contribution is -2.47. The number of hydrogen-bond donors (Lipinski definition) is 2. The summed E-state index contributed by atoms with van der Waals surface area (Å²) in [4.78, 5) is 15.4. The Bertz CT molecular complexity index is 1020. The molecule has 2 aromatic rings. The highest BCUT2D eigenvalue weighted by atomic mass is 32.2. The monoisotopic (exact) mass is 489 g/mol. The lowest BCUT2D eigenvalue weighted by molar-refractivity contribution is -0.123. The number of amides is 1. The highest BCUT2D eigenvalue weighted by Gasteiger charge is 2.26. The van der Waals surface area contributed by atoms with E-state index in [0.717, 1.165) is 38.4 Å². The van der Waals surface area contributed by atoms with Crippen LogP contribution in [0.3, 0.4) is 0 Å². The number of rotatable bonds is 11. The second-order valence-electron chi connectivity index (χ2n) is 8.90. The van der Waals surface area contributed by atoms with E-state index in [1.165, 1.54) is 24.8 Å². The van der Waals surface area contributed by atoms with Crippen molar-refractivity contribution in [3.63, 3.8) is 0 Å². The number of morpholine rings is 1. The molecule has 1 amide bonds. The molecular weight excluding hydrogens is 454 g/mol. The van der Waals surface area contributed by atoms with E-state index in [-0.39, 0.29) is 16.7 Å². The summed E-state index contributed by atoms with van der Waals surface area (Å²) >= 11 is 0. The number of carbonyl (C=O) groups is 1. The minimum atomic E-state index is -3.86. The molecule has 1 unspecified atom stereocenters. The first-order chi connectivity index (χ1) is 16.3. The molecule has 1 saturated heterocycles. The maximum atomic E-state index is 12.9. The van der Waals surface area contributed by atoms with Gasteiger partial charge in [-0.05, 0) is 47.7 Å². The quantitative estimate of drug-likeness (QED) is 0.504. The van der Waals surface area contributed by atoms with E-state index in [2.05, 4.69) is 27.1 Å². The molecule has 1 fully saturated rings. The van der Waals surface area contributed by atoms with Crippen LogP contribution in [-0.2, 0) is 32.6 Å². The van der Waals surface area contributed by atoms with Crippen LogP contribution in [0.25, 0.3) is 0 Å². The molecule has 0 aliphatic carbocycles. The molecule has 1 heterocycles. The maximum absolute atomic E-state index is 12.9. The van der Waals surface area contributed by atoms with E-state index in [9.17, 15) is 13.2 Å². The topological polar surface area (TPSA) is 97.0 Å². The summed E-state index contributed by atoms with van der Waals surface area (Å²) in [6.07, 6.45) is 0.389. The van der Waals surface area contributed by atoms with Crippen LogP contribution in [0.4, 0.5) is 0 Å². The molecule has 2 N–H and O–H groups in total. The zero-order chi connectivity index (χ0) is 24.6. The van der Waals surface area contributed by atoms with Gasteiger partial charge in [-0.15, -0.1) is 0 Å². The van der Waals surface area contributed by atoms with Crippen molar-refractivity contribution in [2.75, 3.05) is 33.4 Å². The van der Waals surface area contributed by atoms with E-state index in [0.29, 0.717) is 18.7 Å². The van der Waals surface area contributed by atoms with Crippen LogP contribution < -0.4 is 14.8 Å². The second-order valence-corrected chi connectivity index (χ2v) is 10.6. The second kappa shape index (κ2) is 12.3. The van der Waals surface area contributed by atoms with Crippen molar-refractivity contribution in [2.45, 2.75) is 44.3 Å². The summed E-state index contributed by atoms with van der Waals surface area (Å²) in [5, 5.41) is 2.88. The van der Waals surface area contributed by atoms with Crippen LogP contribution in [0.1, 0.15) is 31.4 Å². The average molecular weight is 490 g/mol. The average Bonchev–Trinajstić information content (AvgIpc) is 2.83. The van der Waals surface area contributed by atoms with Crippen LogP contribution in [-0.4, -0.2) is 58.7 Å². The molecule has 34 heavy (non-hydrogen) atoms. The van der Waals surface area contributed by atoms with Crippen LogP contribution >= 0.6 is 0 Å². The van der Waals surface area contributed by atoms with E-state index in [1.807, 2.05) is 26.0 Å². The fraction of sp³-hybridized carbons (Fsp3) is 0.480. The van der Waals surface area contributed by atoms with Crippen LogP contribution in [0.2, 0.25) is 0 Å². The van der Waals surface area contributed by atoms with Crippen molar-refractivity contribution in [3.8, 4) is 5.75 Å². The lowest BCUT2D eigenvalue weighted by atomic mass is 10.0. The molecule has 0 aromatic heterocycles. The first kappa shape index (κ1) is 26.2. The summed E-state index contributed by atoms with van der Waals surface area (Å²) in [5.74, 6) is 0.350. The van der Waals surface area contributed by atoms with Gasteiger partial charge >= 0.3 is 0 Å². The number of nitrogens with zero attached hydrogens (tertiary/aromatic N) is 1. The Balaban J connectivity index is 1.59. The molecule has 0 saturated carbocycles. The Labute approximate surface area is 202 Å². The zero-order valence-electron chi connectivity index (χ0n) is 20.1. The van der Waals surface area contributed by atoms with Crippen molar-refractivity contribution in [2.24, 2.45) is 5.92 Å². The Morgan fingerprint density at radius 3 is 2.24 bits per heavy atom. The summed E-state index contributed by atoms with van der Waals surface area (Å²) < 4.78 is 38.8. The van der Waals surface area contributed by atoms with Gasteiger partial charge < -0.3 is 14.8 Å². The summed E-state index contributed by atoms with van der Waals surface area (Å²) in [6, 6.07) is 13.3. The molecule has 186 valence electrons. The Kier molecular flexibility index (Phi) is 9.46. The minimum Gasteiger partial charge on any atom is -0.497 e. The van der Waals surface area contributed by atoms with Crippen molar-refractivity contribution >= 4 is 15.9 Å². The first-order valence-electron chi connectivity index (χ1n) is 11.6. The molecule has 0 spiro atoms. The fourth-order valence-corrected chi connectivity index (χ4v) is 4.99.